The van der Waals surface area contributed by atoms with E-state index in [0.29, 0.717) is 17.4 Å². The van der Waals surface area contributed by atoms with Crippen LogP contribution < -0.4 is 9.80 Å². The van der Waals surface area contributed by atoms with Gasteiger partial charge in [0, 0.05) is 31.5 Å². The highest BCUT2D eigenvalue weighted by atomic mass is 19.1. The number of anilines is 2. The second kappa shape index (κ2) is 5.96. The maximum Gasteiger partial charge on any atom is 0.225 e. The van der Waals surface area contributed by atoms with Gasteiger partial charge in [0.25, 0.3) is 0 Å². The first kappa shape index (κ1) is 15.2. The SMILES string of the molecule is Cc1ccnc(N2CCC3CCN(c4ncnc(C)c4F)C3C2)n1. The van der Waals surface area contributed by atoms with Gasteiger partial charge in [-0.05, 0) is 38.7 Å². The molecule has 0 bridgehead atoms. The van der Waals surface area contributed by atoms with Crippen LogP contribution in [0.1, 0.15) is 24.2 Å². The third-order valence-electron chi connectivity index (χ3n) is 5.14. The first-order valence-electron chi connectivity index (χ1n) is 8.42. The molecule has 126 valence electrons. The zero-order chi connectivity index (χ0) is 16.7. The molecule has 6 nitrogen and oxygen atoms in total. The van der Waals surface area contributed by atoms with Gasteiger partial charge in [-0.1, -0.05) is 0 Å². The molecule has 7 heteroatoms. The third kappa shape index (κ3) is 2.57. The lowest BCUT2D eigenvalue weighted by atomic mass is 9.92. The topological polar surface area (TPSA) is 58.0 Å². The number of piperidine rings is 1. The van der Waals surface area contributed by atoms with Crippen molar-refractivity contribution in [3.05, 3.63) is 35.8 Å². The highest BCUT2D eigenvalue weighted by molar-refractivity contribution is 5.46. The third-order valence-corrected chi connectivity index (χ3v) is 5.14. The molecule has 0 radical (unpaired) electrons. The van der Waals surface area contributed by atoms with Gasteiger partial charge in [-0.25, -0.2) is 24.3 Å². The Morgan fingerprint density at radius 1 is 1.12 bits per heavy atom. The summed E-state index contributed by atoms with van der Waals surface area (Å²) in [5, 5.41) is 0. The van der Waals surface area contributed by atoms with Gasteiger partial charge in [0.2, 0.25) is 5.95 Å². The summed E-state index contributed by atoms with van der Waals surface area (Å²) < 4.78 is 14.5. The molecular formula is C17H21FN6. The van der Waals surface area contributed by atoms with Crippen LogP contribution in [-0.4, -0.2) is 45.6 Å². The number of fused-ring (bicyclic) bond motifs is 1. The van der Waals surface area contributed by atoms with Gasteiger partial charge in [-0.15, -0.1) is 0 Å². The summed E-state index contributed by atoms with van der Waals surface area (Å²) in [5.74, 6) is 1.46. The monoisotopic (exact) mass is 328 g/mol. The number of rotatable bonds is 2. The minimum absolute atomic E-state index is 0.242. The quantitative estimate of drug-likeness (QED) is 0.842. The maximum absolute atomic E-state index is 14.5. The summed E-state index contributed by atoms with van der Waals surface area (Å²) in [4.78, 5) is 21.4. The van der Waals surface area contributed by atoms with Gasteiger partial charge in [0.05, 0.1) is 11.7 Å². The summed E-state index contributed by atoms with van der Waals surface area (Å²) in [7, 11) is 0. The summed E-state index contributed by atoms with van der Waals surface area (Å²) >= 11 is 0. The molecule has 2 aliphatic heterocycles. The predicted octanol–water partition coefficient (Wildman–Crippen LogP) is 2.13. The van der Waals surface area contributed by atoms with E-state index in [-0.39, 0.29) is 11.9 Å². The van der Waals surface area contributed by atoms with Crippen LogP contribution in [0.15, 0.2) is 18.6 Å². The zero-order valence-electron chi connectivity index (χ0n) is 14.0. The van der Waals surface area contributed by atoms with Crippen molar-refractivity contribution in [2.24, 2.45) is 5.92 Å². The van der Waals surface area contributed by atoms with Crippen molar-refractivity contribution in [1.29, 1.82) is 0 Å². The van der Waals surface area contributed by atoms with Gasteiger partial charge in [-0.3, -0.25) is 0 Å². The molecule has 4 heterocycles. The van der Waals surface area contributed by atoms with E-state index in [0.717, 1.165) is 44.1 Å². The first-order chi connectivity index (χ1) is 11.6. The molecule has 0 amide bonds. The highest BCUT2D eigenvalue weighted by Gasteiger charge is 2.40. The van der Waals surface area contributed by atoms with Crippen LogP contribution in [0.3, 0.4) is 0 Å². The second-order valence-corrected chi connectivity index (χ2v) is 6.64. The Labute approximate surface area is 140 Å². The van der Waals surface area contributed by atoms with Crippen molar-refractivity contribution in [3.63, 3.8) is 0 Å². The molecule has 2 saturated heterocycles. The Hall–Kier alpha value is -2.31. The number of aryl methyl sites for hydroxylation is 2. The fourth-order valence-electron chi connectivity index (χ4n) is 3.82. The van der Waals surface area contributed by atoms with Crippen LogP contribution in [-0.2, 0) is 0 Å². The maximum atomic E-state index is 14.5. The van der Waals surface area contributed by atoms with E-state index in [9.17, 15) is 4.39 Å². The lowest BCUT2D eigenvalue weighted by Crippen LogP contribution is -2.49. The van der Waals surface area contributed by atoms with Gasteiger partial charge in [0.1, 0.15) is 6.33 Å². The number of hydrogen-bond acceptors (Lipinski definition) is 6. The van der Waals surface area contributed by atoms with E-state index in [4.69, 9.17) is 0 Å². The highest BCUT2D eigenvalue weighted by Crippen LogP contribution is 2.36. The molecule has 0 N–H and O–H groups in total. The Bertz CT molecular complexity index is 752. The predicted molar refractivity (Wildman–Crippen MR) is 89.6 cm³/mol. The van der Waals surface area contributed by atoms with E-state index >= 15 is 0 Å². The summed E-state index contributed by atoms with van der Waals surface area (Å²) in [5.41, 5.74) is 1.36. The molecule has 2 atom stereocenters. The van der Waals surface area contributed by atoms with Crippen LogP contribution in [0.5, 0.6) is 0 Å². The van der Waals surface area contributed by atoms with E-state index in [2.05, 4.69) is 29.7 Å². The van der Waals surface area contributed by atoms with E-state index in [1.54, 1.807) is 13.1 Å². The molecule has 4 rings (SSSR count). The molecule has 0 spiro atoms. The number of hydrogen-bond donors (Lipinski definition) is 0. The van der Waals surface area contributed by atoms with Crippen LogP contribution in [0.2, 0.25) is 0 Å². The fourth-order valence-corrected chi connectivity index (χ4v) is 3.82. The largest absolute Gasteiger partial charge is 0.349 e. The van der Waals surface area contributed by atoms with E-state index in [1.165, 1.54) is 6.33 Å². The molecule has 24 heavy (non-hydrogen) atoms. The van der Waals surface area contributed by atoms with Crippen molar-refractivity contribution in [2.45, 2.75) is 32.7 Å². The van der Waals surface area contributed by atoms with Crippen molar-refractivity contribution in [1.82, 2.24) is 19.9 Å². The Morgan fingerprint density at radius 3 is 2.79 bits per heavy atom. The lowest BCUT2D eigenvalue weighted by molar-refractivity contribution is 0.385. The van der Waals surface area contributed by atoms with Gasteiger partial charge >= 0.3 is 0 Å². The standard InChI is InChI=1S/C17H21FN6/c1-11-3-6-19-17(22-11)23-7-4-13-5-8-24(14(13)9-23)16-15(18)12(2)20-10-21-16/h3,6,10,13-14H,4-5,7-9H2,1-2H3. The van der Waals surface area contributed by atoms with Gasteiger partial charge < -0.3 is 9.80 Å². The van der Waals surface area contributed by atoms with Crippen molar-refractivity contribution >= 4 is 11.8 Å². The molecule has 0 aromatic carbocycles. The van der Waals surface area contributed by atoms with Crippen LogP contribution in [0, 0.1) is 25.6 Å². The molecule has 0 aliphatic carbocycles. The number of aromatic nitrogens is 4. The summed E-state index contributed by atoms with van der Waals surface area (Å²) in [6.45, 7) is 6.24. The smallest absolute Gasteiger partial charge is 0.225 e. The van der Waals surface area contributed by atoms with Gasteiger partial charge in [-0.2, -0.15) is 0 Å². The fraction of sp³-hybridized carbons (Fsp3) is 0.529. The number of halogens is 1. The molecule has 2 aliphatic rings. The van der Waals surface area contributed by atoms with E-state index < -0.39 is 0 Å². The van der Waals surface area contributed by atoms with Gasteiger partial charge in [0.15, 0.2) is 11.6 Å². The van der Waals surface area contributed by atoms with Crippen LogP contribution in [0.25, 0.3) is 0 Å². The molecule has 2 aromatic heterocycles. The molecular weight excluding hydrogens is 307 g/mol. The van der Waals surface area contributed by atoms with Crippen molar-refractivity contribution in [2.75, 3.05) is 29.4 Å². The minimum Gasteiger partial charge on any atom is -0.349 e. The van der Waals surface area contributed by atoms with E-state index in [1.807, 2.05) is 13.0 Å². The Balaban J connectivity index is 1.61. The Morgan fingerprint density at radius 2 is 1.96 bits per heavy atom. The molecule has 2 fully saturated rings. The van der Waals surface area contributed by atoms with Crippen LogP contribution in [0.4, 0.5) is 16.2 Å². The van der Waals surface area contributed by atoms with Crippen LogP contribution >= 0.6 is 0 Å². The zero-order valence-corrected chi connectivity index (χ0v) is 14.0. The molecule has 2 unspecified atom stereocenters. The minimum atomic E-state index is -0.304. The average molecular weight is 328 g/mol. The number of nitrogens with zero attached hydrogens (tertiary/aromatic N) is 6. The second-order valence-electron chi connectivity index (χ2n) is 6.64. The Kier molecular flexibility index (Phi) is 3.78. The summed E-state index contributed by atoms with van der Waals surface area (Å²) in [6.07, 6.45) is 5.40. The first-order valence-corrected chi connectivity index (χ1v) is 8.42. The van der Waals surface area contributed by atoms with Crippen molar-refractivity contribution in [3.8, 4) is 0 Å². The summed E-state index contributed by atoms with van der Waals surface area (Å²) in [6, 6.07) is 2.14. The molecule has 0 saturated carbocycles. The lowest BCUT2D eigenvalue weighted by Gasteiger charge is -2.38. The van der Waals surface area contributed by atoms with Crippen molar-refractivity contribution < 1.29 is 4.39 Å². The average Bonchev–Trinajstić information content (AvgIpc) is 3.00. The molecule has 2 aromatic rings. The normalized spacial score (nSPS) is 23.5.